The minimum Gasteiger partial charge on any atom is -0.410 e. The molecule has 1 aromatic heterocycles. The lowest BCUT2D eigenvalue weighted by atomic mass is 10.1. The Morgan fingerprint density at radius 3 is 2.50 bits per heavy atom. The number of rotatable bonds is 7. The summed E-state index contributed by atoms with van der Waals surface area (Å²) in [6.45, 7) is 15.6. The molecular formula is C18H30INO2SSi. The van der Waals surface area contributed by atoms with Crippen molar-refractivity contribution in [2.24, 2.45) is 0 Å². The summed E-state index contributed by atoms with van der Waals surface area (Å²) in [5, 5.41) is 12.1. The van der Waals surface area contributed by atoms with Crippen LogP contribution >= 0.6 is 33.9 Å². The maximum atomic E-state index is 9.18. The summed E-state index contributed by atoms with van der Waals surface area (Å²) >= 11 is 3.83. The zero-order valence-corrected chi connectivity index (χ0v) is 19.8. The first kappa shape index (κ1) is 22.0. The van der Waals surface area contributed by atoms with E-state index in [1.807, 2.05) is 5.38 Å². The van der Waals surface area contributed by atoms with Crippen molar-refractivity contribution in [2.75, 3.05) is 0 Å². The van der Waals surface area contributed by atoms with E-state index < -0.39 is 8.32 Å². The normalized spacial score (nSPS) is 15.7. The van der Waals surface area contributed by atoms with Gasteiger partial charge in [-0.2, -0.15) is 0 Å². The molecule has 0 aromatic carbocycles. The zero-order valence-electron chi connectivity index (χ0n) is 15.8. The smallest absolute Gasteiger partial charge is 0.192 e. The molecular weight excluding hydrogens is 449 g/mol. The van der Waals surface area contributed by atoms with Gasteiger partial charge in [-0.05, 0) is 76.2 Å². The van der Waals surface area contributed by atoms with Crippen molar-refractivity contribution in [3.05, 3.63) is 31.3 Å². The van der Waals surface area contributed by atoms with Crippen LogP contribution in [0, 0.1) is 0 Å². The van der Waals surface area contributed by atoms with Crippen molar-refractivity contribution >= 4 is 48.3 Å². The second-order valence-corrected chi connectivity index (χ2v) is 15.0. The molecule has 0 saturated heterocycles. The summed E-state index contributed by atoms with van der Waals surface area (Å²) in [6.07, 6.45) is 5.26. The third-order valence-corrected chi connectivity index (χ3v) is 10.2. The standard InChI is InChI=1S/C18H30INO2SSi/c1-13(10-15-12-23-17(11-21)20-15)16(9-8-14(2)19)22-24(6,7)18(3,4)5/h8,10,12,16,21H,9,11H2,1-7H3/b13-10+,14-8-. The summed E-state index contributed by atoms with van der Waals surface area (Å²) in [5.41, 5.74) is 2.09. The van der Waals surface area contributed by atoms with Gasteiger partial charge in [-0.3, -0.25) is 0 Å². The molecule has 1 atom stereocenters. The van der Waals surface area contributed by atoms with E-state index in [-0.39, 0.29) is 17.7 Å². The summed E-state index contributed by atoms with van der Waals surface area (Å²) in [4.78, 5) is 4.42. The molecule has 0 aliphatic carbocycles. The molecule has 6 heteroatoms. The van der Waals surface area contributed by atoms with Crippen LogP contribution in [0.4, 0.5) is 0 Å². The molecule has 0 spiro atoms. The lowest BCUT2D eigenvalue weighted by Gasteiger charge is -2.39. The second-order valence-electron chi connectivity index (χ2n) is 7.61. The summed E-state index contributed by atoms with van der Waals surface area (Å²) in [6, 6.07) is 0. The fourth-order valence-electron chi connectivity index (χ4n) is 1.92. The highest BCUT2D eigenvalue weighted by molar-refractivity contribution is 14.1. The van der Waals surface area contributed by atoms with Crippen molar-refractivity contribution in [1.82, 2.24) is 4.98 Å². The summed E-state index contributed by atoms with van der Waals surface area (Å²) in [7, 11) is -1.85. The van der Waals surface area contributed by atoms with E-state index in [2.05, 4.69) is 87.4 Å². The van der Waals surface area contributed by atoms with Crippen molar-refractivity contribution < 1.29 is 9.53 Å². The van der Waals surface area contributed by atoms with Crippen LogP contribution in [-0.4, -0.2) is 24.5 Å². The quantitative estimate of drug-likeness (QED) is 0.376. The Balaban J connectivity index is 3.05. The third-order valence-electron chi connectivity index (χ3n) is 4.44. The zero-order chi connectivity index (χ0) is 18.5. The van der Waals surface area contributed by atoms with Crippen molar-refractivity contribution in [2.45, 2.75) is 71.9 Å². The van der Waals surface area contributed by atoms with E-state index in [0.29, 0.717) is 0 Å². The topological polar surface area (TPSA) is 42.4 Å². The molecule has 1 aromatic rings. The van der Waals surface area contributed by atoms with Gasteiger partial charge in [-0.1, -0.05) is 26.8 Å². The fourth-order valence-corrected chi connectivity index (χ4v) is 4.13. The number of hydrogen-bond donors (Lipinski definition) is 1. The van der Waals surface area contributed by atoms with E-state index in [9.17, 15) is 5.11 Å². The Bertz CT molecular complexity index is 598. The highest BCUT2D eigenvalue weighted by Gasteiger charge is 2.39. The van der Waals surface area contributed by atoms with Gasteiger partial charge in [0.25, 0.3) is 0 Å². The van der Waals surface area contributed by atoms with Gasteiger partial charge in [0.15, 0.2) is 8.32 Å². The van der Waals surface area contributed by atoms with E-state index >= 15 is 0 Å². The maximum absolute atomic E-state index is 9.18. The Hall–Kier alpha value is -0.0231. The van der Waals surface area contributed by atoms with Gasteiger partial charge < -0.3 is 9.53 Å². The average molecular weight is 480 g/mol. The third kappa shape index (κ3) is 6.71. The predicted molar refractivity (Wildman–Crippen MR) is 116 cm³/mol. The first-order valence-corrected chi connectivity index (χ1v) is 13.1. The number of thiazole rings is 1. The summed E-state index contributed by atoms with van der Waals surface area (Å²) in [5.74, 6) is 0. The number of aromatic nitrogens is 1. The number of aliphatic hydroxyl groups is 1. The van der Waals surface area contributed by atoms with Crippen LogP contribution in [0.15, 0.2) is 20.6 Å². The van der Waals surface area contributed by atoms with E-state index in [4.69, 9.17) is 4.43 Å². The van der Waals surface area contributed by atoms with Crippen LogP contribution in [0.5, 0.6) is 0 Å². The number of halogens is 1. The Morgan fingerprint density at radius 1 is 1.42 bits per heavy atom. The second kappa shape index (κ2) is 9.07. The van der Waals surface area contributed by atoms with Gasteiger partial charge in [-0.15, -0.1) is 11.3 Å². The van der Waals surface area contributed by atoms with Crippen LogP contribution in [0.1, 0.15) is 51.7 Å². The lowest BCUT2D eigenvalue weighted by molar-refractivity contribution is 0.217. The van der Waals surface area contributed by atoms with Crippen LogP contribution in [-0.2, 0) is 11.0 Å². The molecule has 0 fully saturated rings. The lowest BCUT2D eigenvalue weighted by Crippen LogP contribution is -2.44. The first-order chi connectivity index (χ1) is 11.0. The number of nitrogens with zero attached hydrogens (tertiary/aromatic N) is 1. The molecule has 24 heavy (non-hydrogen) atoms. The molecule has 1 N–H and O–H groups in total. The fraction of sp³-hybridized carbons (Fsp3) is 0.611. The van der Waals surface area contributed by atoms with Crippen LogP contribution in [0.2, 0.25) is 18.1 Å². The molecule has 1 unspecified atom stereocenters. The predicted octanol–water partition coefficient (Wildman–Crippen LogP) is 6.16. The molecule has 0 bridgehead atoms. The van der Waals surface area contributed by atoms with Gasteiger partial charge in [0.05, 0.1) is 18.4 Å². The first-order valence-electron chi connectivity index (χ1n) is 8.20. The SMILES string of the molecule is C/C(I)=C/CC(O[Si](C)(C)C(C)(C)C)/C(C)=C/c1csc(CO)n1. The Morgan fingerprint density at radius 2 is 2.04 bits per heavy atom. The molecule has 0 radical (unpaired) electrons. The Kier molecular flexibility index (Phi) is 8.32. The highest BCUT2D eigenvalue weighted by atomic mass is 127. The largest absolute Gasteiger partial charge is 0.410 e. The highest BCUT2D eigenvalue weighted by Crippen LogP contribution is 2.38. The van der Waals surface area contributed by atoms with Crippen LogP contribution in [0.3, 0.4) is 0 Å². The molecule has 0 aliphatic rings. The molecule has 0 amide bonds. The Labute approximate surface area is 165 Å². The number of aliphatic hydroxyl groups excluding tert-OH is 1. The van der Waals surface area contributed by atoms with Gasteiger partial charge in [0, 0.05) is 5.38 Å². The van der Waals surface area contributed by atoms with Crippen molar-refractivity contribution in [3.63, 3.8) is 0 Å². The van der Waals surface area contributed by atoms with Crippen molar-refractivity contribution in [1.29, 1.82) is 0 Å². The van der Waals surface area contributed by atoms with E-state index in [1.165, 1.54) is 20.5 Å². The van der Waals surface area contributed by atoms with Gasteiger partial charge in [0.2, 0.25) is 0 Å². The van der Waals surface area contributed by atoms with Gasteiger partial charge in [0.1, 0.15) is 5.01 Å². The average Bonchev–Trinajstić information content (AvgIpc) is 2.89. The van der Waals surface area contributed by atoms with Crippen molar-refractivity contribution in [3.8, 4) is 0 Å². The minimum absolute atomic E-state index is 0.00177. The molecule has 1 heterocycles. The number of hydrogen-bond acceptors (Lipinski definition) is 4. The molecule has 3 nitrogen and oxygen atoms in total. The van der Waals surface area contributed by atoms with E-state index in [0.717, 1.165) is 17.1 Å². The monoisotopic (exact) mass is 479 g/mol. The van der Waals surface area contributed by atoms with E-state index in [1.54, 1.807) is 0 Å². The molecule has 0 saturated carbocycles. The van der Waals surface area contributed by atoms with Crippen LogP contribution in [0.25, 0.3) is 6.08 Å². The van der Waals surface area contributed by atoms with Crippen LogP contribution < -0.4 is 0 Å². The number of allylic oxidation sites excluding steroid dienone is 1. The maximum Gasteiger partial charge on any atom is 0.192 e. The summed E-state index contributed by atoms with van der Waals surface area (Å²) < 4.78 is 7.95. The molecule has 0 aliphatic heterocycles. The molecule has 136 valence electrons. The minimum atomic E-state index is -1.85. The van der Waals surface area contributed by atoms with Gasteiger partial charge in [-0.25, -0.2) is 4.98 Å². The van der Waals surface area contributed by atoms with Gasteiger partial charge >= 0.3 is 0 Å². The molecule has 1 rings (SSSR count).